The fraction of sp³-hybridized carbons (Fsp3) is 0.667. The summed E-state index contributed by atoms with van der Waals surface area (Å²) < 4.78 is 28.0. The third-order valence-corrected chi connectivity index (χ3v) is 5.32. The van der Waals surface area contributed by atoms with E-state index in [0.717, 1.165) is 12.8 Å². The van der Waals surface area contributed by atoms with E-state index in [1.165, 1.54) is 10.9 Å². The average molecular weight is 285 g/mol. The largest absolute Gasteiger partial charge is 0.273 e. The van der Waals surface area contributed by atoms with E-state index < -0.39 is 21.3 Å². The number of hydrogen-bond acceptors (Lipinski definition) is 4. The predicted octanol–water partition coefficient (Wildman–Crippen LogP) is 0.970. The van der Waals surface area contributed by atoms with Crippen molar-refractivity contribution in [2.45, 2.75) is 38.5 Å². The molecule has 0 unspecified atom stereocenters. The molecule has 1 amide bonds. The van der Waals surface area contributed by atoms with Gasteiger partial charge < -0.3 is 0 Å². The van der Waals surface area contributed by atoms with Crippen molar-refractivity contribution in [3.8, 4) is 0 Å². The van der Waals surface area contributed by atoms with Gasteiger partial charge in [0.2, 0.25) is 5.91 Å². The molecule has 1 heterocycles. The van der Waals surface area contributed by atoms with Crippen LogP contribution in [0.5, 0.6) is 0 Å². The lowest BCUT2D eigenvalue weighted by Crippen LogP contribution is -2.41. The molecule has 0 aromatic carbocycles. The number of carbonyl (C=O) groups is 1. The summed E-state index contributed by atoms with van der Waals surface area (Å²) in [5, 5.41) is 3.89. The predicted molar refractivity (Wildman–Crippen MR) is 69.8 cm³/mol. The highest BCUT2D eigenvalue weighted by molar-refractivity contribution is 7.90. The standard InChI is InChI=1S/C12H19N3O3S/c1-8-10(7-13-15(8)4)19(17,18)14-11(16)12(2,3)9-5-6-9/h7,9H,5-6H2,1-4H3,(H,14,16). The minimum absolute atomic E-state index is 0.0509. The summed E-state index contributed by atoms with van der Waals surface area (Å²) in [5.41, 5.74) is -0.145. The third kappa shape index (κ3) is 2.51. The SMILES string of the molecule is Cc1c(S(=O)(=O)NC(=O)C(C)(C)C2CC2)cnn1C. The highest BCUT2D eigenvalue weighted by atomic mass is 32.2. The zero-order valence-corrected chi connectivity index (χ0v) is 12.4. The summed E-state index contributed by atoms with van der Waals surface area (Å²) in [7, 11) is -2.18. The van der Waals surface area contributed by atoms with Crippen molar-refractivity contribution in [3.63, 3.8) is 0 Å². The number of hydrogen-bond donors (Lipinski definition) is 1. The Morgan fingerprint density at radius 2 is 2.05 bits per heavy atom. The molecule has 0 spiro atoms. The van der Waals surface area contributed by atoms with E-state index in [-0.39, 0.29) is 10.8 Å². The number of aromatic nitrogens is 2. The Balaban J connectivity index is 2.22. The summed E-state index contributed by atoms with van der Waals surface area (Å²) >= 11 is 0. The van der Waals surface area contributed by atoms with Gasteiger partial charge in [-0.25, -0.2) is 13.1 Å². The van der Waals surface area contributed by atoms with Crippen LogP contribution in [0.4, 0.5) is 0 Å². The summed E-state index contributed by atoms with van der Waals surface area (Å²) in [6.07, 6.45) is 3.22. The molecule has 1 aromatic rings. The summed E-state index contributed by atoms with van der Waals surface area (Å²) in [4.78, 5) is 12.2. The Morgan fingerprint density at radius 3 is 2.47 bits per heavy atom. The summed E-state index contributed by atoms with van der Waals surface area (Å²) in [5.74, 6) is -0.170. The number of rotatable bonds is 4. The van der Waals surface area contributed by atoms with Gasteiger partial charge in [-0.2, -0.15) is 5.10 Å². The molecule has 1 N–H and O–H groups in total. The zero-order valence-electron chi connectivity index (χ0n) is 11.6. The van der Waals surface area contributed by atoms with Crippen LogP contribution < -0.4 is 4.72 Å². The number of nitrogens with one attached hydrogen (secondary N) is 1. The molecule has 0 aliphatic heterocycles. The van der Waals surface area contributed by atoms with Crippen LogP contribution in [0.25, 0.3) is 0 Å². The van der Waals surface area contributed by atoms with E-state index in [9.17, 15) is 13.2 Å². The second kappa shape index (κ2) is 4.33. The molecule has 7 heteroatoms. The first-order chi connectivity index (χ1) is 8.66. The highest BCUT2D eigenvalue weighted by Gasteiger charge is 2.44. The lowest BCUT2D eigenvalue weighted by molar-refractivity contribution is -0.128. The Hall–Kier alpha value is -1.37. The summed E-state index contributed by atoms with van der Waals surface area (Å²) in [6, 6.07) is 0. The van der Waals surface area contributed by atoms with Crippen molar-refractivity contribution >= 4 is 15.9 Å². The van der Waals surface area contributed by atoms with Gasteiger partial charge in [0, 0.05) is 12.5 Å². The van der Waals surface area contributed by atoms with Crippen molar-refractivity contribution in [2.24, 2.45) is 18.4 Å². The van der Waals surface area contributed by atoms with Crippen LogP contribution in [0.1, 0.15) is 32.4 Å². The molecule has 106 valence electrons. The van der Waals surface area contributed by atoms with Crippen LogP contribution in [0.15, 0.2) is 11.1 Å². The molecule has 2 rings (SSSR count). The normalized spacial score (nSPS) is 16.4. The number of carbonyl (C=O) groups excluding carboxylic acids is 1. The van der Waals surface area contributed by atoms with E-state index in [4.69, 9.17) is 0 Å². The van der Waals surface area contributed by atoms with Crippen LogP contribution >= 0.6 is 0 Å². The molecule has 0 atom stereocenters. The van der Waals surface area contributed by atoms with E-state index in [1.807, 2.05) is 0 Å². The van der Waals surface area contributed by atoms with Crippen LogP contribution in [-0.4, -0.2) is 24.1 Å². The maximum absolute atomic E-state index is 12.2. The minimum Gasteiger partial charge on any atom is -0.273 e. The molecule has 1 aromatic heterocycles. The number of nitrogens with zero attached hydrogens (tertiary/aromatic N) is 2. The smallest absolute Gasteiger partial charge is 0.267 e. The maximum Gasteiger partial charge on any atom is 0.267 e. The molecule has 0 saturated heterocycles. The summed E-state index contributed by atoms with van der Waals surface area (Å²) in [6.45, 7) is 5.22. The Morgan fingerprint density at radius 1 is 1.47 bits per heavy atom. The van der Waals surface area contributed by atoms with E-state index >= 15 is 0 Å². The van der Waals surface area contributed by atoms with E-state index in [1.54, 1.807) is 27.8 Å². The number of sulfonamides is 1. The van der Waals surface area contributed by atoms with Gasteiger partial charge in [-0.1, -0.05) is 13.8 Å². The topological polar surface area (TPSA) is 81.1 Å². The van der Waals surface area contributed by atoms with E-state index in [2.05, 4.69) is 9.82 Å². The lowest BCUT2D eigenvalue weighted by atomic mass is 9.87. The molecule has 1 aliphatic rings. The Kier molecular flexibility index (Phi) is 3.20. The molecular weight excluding hydrogens is 266 g/mol. The van der Waals surface area contributed by atoms with Crippen LogP contribution in [-0.2, 0) is 21.9 Å². The molecule has 19 heavy (non-hydrogen) atoms. The van der Waals surface area contributed by atoms with Gasteiger partial charge in [-0.3, -0.25) is 9.48 Å². The molecule has 0 bridgehead atoms. The fourth-order valence-electron chi connectivity index (χ4n) is 2.04. The molecule has 6 nitrogen and oxygen atoms in total. The minimum atomic E-state index is -3.84. The first kappa shape index (κ1) is 14.0. The highest BCUT2D eigenvalue weighted by Crippen LogP contribution is 2.45. The zero-order chi connectivity index (χ0) is 14.4. The second-order valence-electron chi connectivity index (χ2n) is 5.65. The van der Waals surface area contributed by atoms with Gasteiger partial charge in [0.05, 0.1) is 11.9 Å². The van der Waals surface area contributed by atoms with Crippen molar-refractivity contribution in [1.29, 1.82) is 0 Å². The quantitative estimate of drug-likeness (QED) is 0.893. The third-order valence-electron chi connectivity index (χ3n) is 3.89. The first-order valence-corrected chi connectivity index (χ1v) is 7.70. The van der Waals surface area contributed by atoms with Crippen molar-refractivity contribution in [2.75, 3.05) is 0 Å². The first-order valence-electron chi connectivity index (χ1n) is 6.22. The molecule has 1 fully saturated rings. The van der Waals surface area contributed by atoms with Crippen molar-refractivity contribution in [3.05, 3.63) is 11.9 Å². The Bertz CT molecular complexity index is 612. The lowest BCUT2D eigenvalue weighted by Gasteiger charge is -2.22. The molecule has 1 saturated carbocycles. The van der Waals surface area contributed by atoms with Crippen LogP contribution in [0, 0.1) is 18.3 Å². The van der Waals surface area contributed by atoms with Crippen LogP contribution in [0.2, 0.25) is 0 Å². The van der Waals surface area contributed by atoms with Crippen molar-refractivity contribution in [1.82, 2.24) is 14.5 Å². The van der Waals surface area contributed by atoms with Gasteiger partial charge in [0.25, 0.3) is 10.0 Å². The van der Waals surface area contributed by atoms with Crippen LogP contribution in [0.3, 0.4) is 0 Å². The van der Waals surface area contributed by atoms with Gasteiger partial charge in [-0.05, 0) is 25.7 Å². The monoisotopic (exact) mass is 285 g/mol. The van der Waals surface area contributed by atoms with E-state index in [0.29, 0.717) is 5.69 Å². The number of aryl methyl sites for hydroxylation is 1. The molecule has 0 radical (unpaired) electrons. The fourth-order valence-corrected chi connectivity index (χ4v) is 3.37. The van der Waals surface area contributed by atoms with Gasteiger partial charge in [0.1, 0.15) is 4.90 Å². The average Bonchev–Trinajstić information content (AvgIpc) is 3.07. The maximum atomic E-state index is 12.2. The Labute approximate surface area is 113 Å². The van der Waals surface area contributed by atoms with Gasteiger partial charge >= 0.3 is 0 Å². The number of amides is 1. The molecule has 1 aliphatic carbocycles. The molecular formula is C12H19N3O3S. The van der Waals surface area contributed by atoms with Crippen molar-refractivity contribution < 1.29 is 13.2 Å². The van der Waals surface area contributed by atoms with Gasteiger partial charge in [-0.15, -0.1) is 0 Å². The second-order valence-corrected chi connectivity index (χ2v) is 7.30. The van der Waals surface area contributed by atoms with Gasteiger partial charge in [0.15, 0.2) is 0 Å².